The monoisotopic (exact) mass is 339 g/mol. The summed E-state index contributed by atoms with van der Waals surface area (Å²) in [6.45, 7) is 0. The number of halogens is 3. The molecule has 108 valence electrons. The van der Waals surface area contributed by atoms with Crippen molar-refractivity contribution in [2.45, 2.75) is 18.3 Å². The molecule has 0 spiro atoms. The number of rotatable bonds is 3. The zero-order valence-corrected chi connectivity index (χ0v) is 13.3. The molecule has 1 aliphatic rings. The Bertz CT molecular complexity index is 693. The number of carbonyl (C=O) groups is 1. The van der Waals surface area contributed by atoms with Gasteiger partial charge in [0, 0.05) is 10.0 Å². The van der Waals surface area contributed by atoms with Gasteiger partial charge in [-0.25, -0.2) is 0 Å². The molecule has 1 amide bonds. The van der Waals surface area contributed by atoms with Crippen molar-refractivity contribution in [3.8, 4) is 0 Å². The standard InChI is InChI=1S/C16H12Cl3NO/c17-11-3-1-10(2-4-11)16(7-8-16)15(21)20-14-9-12(18)5-6-13(14)19/h1-6,9H,7-8H2,(H,20,21). The van der Waals surface area contributed by atoms with Gasteiger partial charge < -0.3 is 5.32 Å². The summed E-state index contributed by atoms with van der Waals surface area (Å²) in [6.07, 6.45) is 1.64. The molecule has 0 unspecified atom stereocenters. The van der Waals surface area contributed by atoms with Gasteiger partial charge in [-0.3, -0.25) is 4.79 Å². The van der Waals surface area contributed by atoms with Crippen molar-refractivity contribution in [3.63, 3.8) is 0 Å². The van der Waals surface area contributed by atoms with E-state index in [0.717, 1.165) is 18.4 Å². The van der Waals surface area contributed by atoms with E-state index in [1.165, 1.54) is 0 Å². The fourth-order valence-electron chi connectivity index (χ4n) is 2.38. The molecule has 3 rings (SSSR count). The Balaban J connectivity index is 1.85. The first-order chi connectivity index (χ1) is 10.0. The van der Waals surface area contributed by atoms with Gasteiger partial charge in [-0.2, -0.15) is 0 Å². The van der Waals surface area contributed by atoms with E-state index in [-0.39, 0.29) is 5.91 Å². The Morgan fingerprint density at radius 2 is 1.57 bits per heavy atom. The van der Waals surface area contributed by atoms with E-state index >= 15 is 0 Å². The van der Waals surface area contributed by atoms with Crippen LogP contribution < -0.4 is 5.32 Å². The molecule has 0 heterocycles. The van der Waals surface area contributed by atoms with E-state index < -0.39 is 5.41 Å². The summed E-state index contributed by atoms with van der Waals surface area (Å²) < 4.78 is 0. The first kappa shape index (κ1) is 14.7. The normalized spacial score (nSPS) is 15.6. The Labute approximate surface area is 138 Å². The molecular formula is C16H12Cl3NO. The molecule has 0 atom stereocenters. The zero-order valence-electron chi connectivity index (χ0n) is 11.0. The third-order valence-corrected chi connectivity index (χ3v) is 4.57. The topological polar surface area (TPSA) is 29.1 Å². The molecular weight excluding hydrogens is 329 g/mol. The van der Waals surface area contributed by atoms with Gasteiger partial charge in [-0.1, -0.05) is 46.9 Å². The van der Waals surface area contributed by atoms with Gasteiger partial charge >= 0.3 is 0 Å². The molecule has 2 nitrogen and oxygen atoms in total. The Kier molecular flexibility index (Phi) is 3.87. The fraction of sp³-hybridized carbons (Fsp3) is 0.188. The van der Waals surface area contributed by atoms with Gasteiger partial charge in [0.25, 0.3) is 0 Å². The predicted octanol–water partition coefficient (Wildman–Crippen LogP) is 5.32. The van der Waals surface area contributed by atoms with Gasteiger partial charge in [-0.15, -0.1) is 0 Å². The van der Waals surface area contributed by atoms with Crippen LogP contribution in [0.5, 0.6) is 0 Å². The van der Waals surface area contributed by atoms with Crippen LogP contribution in [0, 0.1) is 0 Å². The minimum atomic E-state index is -0.476. The molecule has 1 N–H and O–H groups in total. The van der Waals surface area contributed by atoms with Gasteiger partial charge in [0.2, 0.25) is 5.91 Å². The molecule has 0 saturated heterocycles. The maximum Gasteiger partial charge on any atom is 0.235 e. The number of hydrogen-bond acceptors (Lipinski definition) is 1. The molecule has 0 aliphatic heterocycles. The van der Waals surface area contributed by atoms with Crippen molar-refractivity contribution in [1.82, 2.24) is 0 Å². The minimum absolute atomic E-state index is 0.0611. The lowest BCUT2D eigenvalue weighted by Crippen LogP contribution is -2.27. The summed E-state index contributed by atoms with van der Waals surface area (Å²) in [5.41, 5.74) is 1.04. The molecule has 21 heavy (non-hydrogen) atoms. The lowest BCUT2D eigenvalue weighted by Gasteiger charge is -2.16. The van der Waals surface area contributed by atoms with Crippen LogP contribution in [-0.4, -0.2) is 5.91 Å². The number of amides is 1. The van der Waals surface area contributed by atoms with E-state index in [2.05, 4.69) is 5.32 Å². The smallest absolute Gasteiger partial charge is 0.235 e. The van der Waals surface area contributed by atoms with Crippen LogP contribution in [0.4, 0.5) is 5.69 Å². The summed E-state index contributed by atoms with van der Waals surface area (Å²) in [7, 11) is 0. The predicted molar refractivity (Wildman–Crippen MR) is 87.5 cm³/mol. The van der Waals surface area contributed by atoms with Crippen molar-refractivity contribution in [1.29, 1.82) is 0 Å². The van der Waals surface area contributed by atoms with Crippen LogP contribution in [0.25, 0.3) is 0 Å². The van der Waals surface area contributed by atoms with Crippen LogP contribution in [0.1, 0.15) is 18.4 Å². The van der Waals surface area contributed by atoms with Crippen molar-refractivity contribution >= 4 is 46.4 Å². The van der Waals surface area contributed by atoms with Crippen LogP contribution in [0.15, 0.2) is 42.5 Å². The second-order valence-electron chi connectivity index (χ2n) is 5.17. The molecule has 1 fully saturated rings. The molecule has 0 bridgehead atoms. The van der Waals surface area contributed by atoms with E-state index in [9.17, 15) is 4.79 Å². The van der Waals surface area contributed by atoms with Gasteiger partial charge in [0.15, 0.2) is 0 Å². The highest BCUT2D eigenvalue weighted by Crippen LogP contribution is 2.49. The summed E-state index contributed by atoms with van der Waals surface area (Å²) >= 11 is 17.9. The van der Waals surface area contributed by atoms with Crippen LogP contribution >= 0.6 is 34.8 Å². The fourth-order valence-corrected chi connectivity index (χ4v) is 2.84. The maximum absolute atomic E-state index is 12.6. The van der Waals surface area contributed by atoms with Crippen molar-refractivity contribution in [3.05, 3.63) is 63.1 Å². The number of hydrogen-bond donors (Lipinski definition) is 1. The second-order valence-corrected chi connectivity index (χ2v) is 6.45. The minimum Gasteiger partial charge on any atom is -0.324 e. The number of nitrogens with one attached hydrogen (secondary N) is 1. The largest absolute Gasteiger partial charge is 0.324 e. The van der Waals surface area contributed by atoms with Crippen LogP contribution in [-0.2, 0) is 10.2 Å². The van der Waals surface area contributed by atoms with Gasteiger partial charge in [0.1, 0.15) is 0 Å². The summed E-state index contributed by atoms with van der Waals surface area (Å²) in [4.78, 5) is 12.6. The van der Waals surface area contributed by atoms with E-state index in [1.54, 1.807) is 30.3 Å². The van der Waals surface area contributed by atoms with Crippen LogP contribution in [0.3, 0.4) is 0 Å². The molecule has 2 aromatic carbocycles. The lowest BCUT2D eigenvalue weighted by molar-refractivity contribution is -0.118. The highest BCUT2D eigenvalue weighted by molar-refractivity contribution is 6.35. The van der Waals surface area contributed by atoms with Crippen molar-refractivity contribution in [2.24, 2.45) is 0 Å². The maximum atomic E-state index is 12.6. The van der Waals surface area contributed by atoms with Gasteiger partial charge in [0.05, 0.1) is 16.1 Å². The molecule has 1 aliphatic carbocycles. The summed E-state index contributed by atoms with van der Waals surface area (Å²) in [5.74, 6) is -0.0611. The average molecular weight is 341 g/mol. The summed E-state index contributed by atoms with van der Waals surface area (Å²) in [5, 5.41) is 4.54. The SMILES string of the molecule is O=C(Nc1cc(Cl)ccc1Cl)C1(c2ccc(Cl)cc2)CC1. The number of anilines is 1. The van der Waals surface area contributed by atoms with E-state index in [4.69, 9.17) is 34.8 Å². The Morgan fingerprint density at radius 1 is 0.952 bits per heavy atom. The third kappa shape index (κ3) is 2.89. The first-order valence-corrected chi connectivity index (χ1v) is 7.67. The second kappa shape index (κ2) is 5.53. The highest BCUT2D eigenvalue weighted by atomic mass is 35.5. The Morgan fingerprint density at radius 3 is 2.19 bits per heavy atom. The van der Waals surface area contributed by atoms with E-state index in [1.807, 2.05) is 12.1 Å². The van der Waals surface area contributed by atoms with Crippen molar-refractivity contribution in [2.75, 3.05) is 5.32 Å². The lowest BCUT2D eigenvalue weighted by atomic mass is 9.95. The van der Waals surface area contributed by atoms with E-state index in [0.29, 0.717) is 20.8 Å². The average Bonchev–Trinajstić information content (AvgIpc) is 3.25. The molecule has 2 aromatic rings. The highest BCUT2D eigenvalue weighted by Gasteiger charge is 2.51. The molecule has 5 heteroatoms. The Hall–Kier alpha value is -1.22. The molecule has 0 aromatic heterocycles. The molecule has 0 radical (unpaired) electrons. The molecule has 1 saturated carbocycles. The van der Waals surface area contributed by atoms with Crippen molar-refractivity contribution < 1.29 is 4.79 Å². The first-order valence-electron chi connectivity index (χ1n) is 6.54. The van der Waals surface area contributed by atoms with Crippen LogP contribution in [0.2, 0.25) is 15.1 Å². The van der Waals surface area contributed by atoms with Gasteiger partial charge in [-0.05, 0) is 48.7 Å². The third-order valence-electron chi connectivity index (χ3n) is 3.76. The summed E-state index contributed by atoms with van der Waals surface area (Å²) in [6, 6.07) is 12.4. The zero-order chi connectivity index (χ0) is 15.0. The number of benzene rings is 2. The number of carbonyl (C=O) groups excluding carboxylic acids is 1. The quantitative estimate of drug-likeness (QED) is 0.805.